The molecule has 3 aromatic rings. The summed E-state index contributed by atoms with van der Waals surface area (Å²) in [6, 6.07) is 27.5. The average Bonchev–Trinajstić information content (AvgIpc) is 2.62. The number of hydrogen-bond acceptors (Lipinski definition) is 2. The topological polar surface area (TPSA) is 12.0 Å². The molecule has 3 aromatic carbocycles. The molecule has 0 fully saturated rings. The van der Waals surface area contributed by atoms with E-state index in [9.17, 15) is 0 Å². The van der Waals surface area contributed by atoms with Crippen LogP contribution >= 0.6 is 24.0 Å². The van der Waals surface area contributed by atoms with Crippen LogP contribution in [0.5, 0.6) is 0 Å². The summed E-state index contributed by atoms with van der Waals surface area (Å²) < 4.78 is 0. The SMILES string of the molecule is S=CNc1cccc(SCc2ccccc2-c2ccccc2)c1. The molecule has 3 heteroatoms. The monoisotopic (exact) mass is 335 g/mol. The van der Waals surface area contributed by atoms with Gasteiger partial charge in [0.2, 0.25) is 0 Å². The molecule has 0 aromatic heterocycles. The van der Waals surface area contributed by atoms with Gasteiger partial charge in [-0.1, -0.05) is 72.9 Å². The van der Waals surface area contributed by atoms with Crippen molar-refractivity contribution < 1.29 is 0 Å². The van der Waals surface area contributed by atoms with Crippen LogP contribution in [0, 0.1) is 0 Å². The van der Waals surface area contributed by atoms with Crippen molar-refractivity contribution in [3.63, 3.8) is 0 Å². The maximum Gasteiger partial charge on any atom is 0.0658 e. The van der Waals surface area contributed by atoms with Crippen molar-refractivity contribution in [1.82, 2.24) is 0 Å². The summed E-state index contributed by atoms with van der Waals surface area (Å²) in [5, 5.41) is 3.06. The third kappa shape index (κ3) is 4.21. The molecule has 0 spiro atoms. The lowest BCUT2D eigenvalue weighted by Gasteiger charge is -2.10. The fraction of sp³-hybridized carbons (Fsp3) is 0.0500. The highest BCUT2D eigenvalue weighted by molar-refractivity contribution is 7.98. The number of benzene rings is 3. The first-order valence-corrected chi connectivity index (χ1v) is 8.89. The van der Waals surface area contributed by atoms with Crippen LogP contribution in [-0.2, 0) is 5.75 Å². The Bertz CT molecular complexity index is 784. The van der Waals surface area contributed by atoms with E-state index in [1.807, 2.05) is 23.9 Å². The number of anilines is 1. The molecular formula is C20H17NS2. The Kier molecular flexibility index (Phi) is 5.46. The van der Waals surface area contributed by atoms with Crippen LogP contribution in [0.3, 0.4) is 0 Å². The van der Waals surface area contributed by atoms with Gasteiger partial charge >= 0.3 is 0 Å². The number of nitrogens with one attached hydrogen (secondary N) is 1. The summed E-state index contributed by atoms with van der Waals surface area (Å²) >= 11 is 6.68. The van der Waals surface area contributed by atoms with Gasteiger partial charge in [0.05, 0.1) is 5.49 Å². The molecule has 3 rings (SSSR count). The summed E-state index contributed by atoms with van der Waals surface area (Å²) in [6.07, 6.45) is 0. The van der Waals surface area contributed by atoms with Crippen LogP contribution in [-0.4, -0.2) is 5.49 Å². The Morgan fingerprint density at radius 1 is 0.870 bits per heavy atom. The van der Waals surface area contributed by atoms with Gasteiger partial charge in [-0.2, -0.15) is 0 Å². The standard InChI is InChI=1S/C20H17NS2/c22-15-21-18-10-6-11-19(13-18)23-14-17-9-4-5-12-20(17)16-7-2-1-3-8-16/h1-13,15H,14H2,(H,21,22). The molecule has 0 bridgehead atoms. The van der Waals surface area contributed by atoms with Crippen LogP contribution in [0.15, 0.2) is 83.8 Å². The number of thioether (sulfide) groups is 1. The van der Waals surface area contributed by atoms with Gasteiger partial charge in [0, 0.05) is 16.3 Å². The Morgan fingerprint density at radius 2 is 1.65 bits per heavy atom. The van der Waals surface area contributed by atoms with Crippen molar-refractivity contribution in [3.8, 4) is 11.1 Å². The largest absolute Gasteiger partial charge is 0.353 e. The van der Waals surface area contributed by atoms with Crippen molar-refractivity contribution in [2.24, 2.45) is 0 Å². The fourth-order valence-electron chi connectivity index (χ4n) is 2.45. The quantitative estimate of drug-likeness (QED) is 0.437. The molecule has 0 heterocycles. The Balaban J connectivity index is 1.79. The van der Waals surface area contributed by atoms with E-state index in [0.29, 0.717) is 0 Å². The van der Waals surface area contributed by atoms with Crippen LogP contribution in [0.1, 0.15) is 5.56 Å². The number of rotatable bonds is 6. The zero-order valence-electron chi connectivity index (χ0n) is 12.6. The van der Waals surface area contributed by atoms with Gasteiger partial charge in [0.15, 0.2) is 0 Å². The van der Waals surface area contributed by atoms with Gasteiger partial charge < -0.3 is 5.32 Å². The third-order valence-corrected chi connectivity index (χ3v) is 4.72. The van der Waals surface area contributed by atoms with E-state index in [2.05, 4.69) is 72.0 Å². The molecule has 0 atom stereocenters. The molecule has 1 N–H and O–H groups in total. The predicted molar refractivity (Wildman–Crippen MR) is 105 cm³/mol. The fourth-order valence-corrected chi connectivity index (χ4v) is 3.55. The van der Waals surface area contributed by atoms with Gasteiger partial charge in [0.25, 0.3) is 0 Å². The van der Waals surface area contributed by atoms with E-state index < -0.39 is 0 Å². The second-order valence-electron chi connectivity index (χ2n) is 5.10. The summed E-state index contributed by atoms with van der Waals surface area (Å²) in [5.74, 6) is 0.937. The Morgan fingerprint density at radius 3 is 2.48 bits per heavy atom. The minimum Gasteiger partial charge on any atom is -0.353 e. The zero-order chi connectivity index (χ0) is 15.9. The molecule has 0 saturated heterocycles. The number of hydrogen-bond donors (Lipinski definition) is 1. The second kappa shape index (κ2) is 7.95. The molecule has 1 nitrogen and oxygen atoms in total. The lowest BCUT2D eigenvalue weighted by atomic mass is 10.0. The van der Waals surface area contributed by atoms with Gasteiger partial charge in [-0.15, -0.1) is 11.8 Å². The highest BCUT2D eigenvalue weighted by atomic mass is 32.2. The highest BCUT2D eigenvalue weighted by Crippen LogP contribution is 2.30. The molecule has 0 aliphatic heterocycles. The van der Waals surface area contributed by atoms with Crippen molar-refractivity contribution in [2.45, 2.75) is 10.6 Å². The molecule has 0 amide bonds. The molecule has 0 aliphatic carbocycles. The maximum absolute atomic E-state index is 4.85. The van der Waals surface area contributed by atoms with E-state index in [1.54, 1.807) is 0 Å². The van der Waals surface area contributed by atoms with Crippen LogP contribution in [0.25, 0.3) is 11.1 Å². The first-order valence-electron chi connectivity index (χ1n) is 7.43. The highest BCUT2D eigenvalue weighted by Gasteiger charge is 2.05. The van der Waals surface area contributed by atoms with Gasteiger partial charge in [-0.25, -0.2) is 0 Å². The molecule has 114 valence electrons. The summed E-state index contributed by atoms with van der Waals surface area (Å²) in [7, 11) is 0. The Labute approximate surface area is 146 Å². The van der Waals surface area contributed by atoms with Crippen LogP contribution in [0.4, 0.5) is 5.69 Å². The molecular weight excluding hydrogens is 318 g/mol. The lowest BCUT2D eigenvalue weighted by molar-refractivity contribution is 1.38. The molecule has 0 aliphatic rings. The van der Waals surface area contributed by atoms with Crippen LogP contribution < -0.4 is 5.32 Å². The smallest absolute Gasteiger partial charge is 0.0658 e. The average molecular weight is 335 g/mol. The molecule has 0 saturated carbocycles. The van der Waals surface area contributed by atoms with E-state index in [1.165, 1.54) is 27.1 Å². The van der Waals surface area contributed by atoms with Crippen molar-refractivity contribution in [2.75, 3.05) is 5.32 Å². The van der Waals surface area contributed by atoms with E-state index in [0.717, 1.165) is 11.4 Å². The first kappa shape index (κ1) is 15.8. The summed E-state index contributed by atoms with van der Waals surface area (Å²) in [4.78, 5) is 1.23. The molecule has 23 heavy (non-hydrogen) atoms. The lowest BCUT2D eigenvalue weighted by Crippen LogP contribution is -1.91. The van der Waals surface area contributed by atoms with Crippen molar-refractivity contribution >= 4 is 35.2 Å². The normalized spacial score (nSPS) is 10.3. The Hall–Kier alpha value is -2.10. The predicted octanol–water partition coefficient (Wildman–Crippen LogP) is 6.02. The summed E-state index contributed by atoms with van der Waals surface area (Å²) in [6.45, 7) is 0. The van der Waals surface area contributed by atoms with Crippen molar-refractivity contribution in [1.29, 1.82) is 0 Å². The maximum atomic E-state index is 4.85. The van der Waals surface area contributed by atoms with E-state index in [-0.39, 0.29) is 0 Å². The van der Waals surface area contributed by atoms with Gasteiger partial charge in [-0.3, -0.25) is 0 Å². The van der Waals surface area contributed by atoms with Gasteiger partial charge in [-0.05, 0) is 34.9 Å². The number of thiocarbonyl (C=S) groups is 1. The van der Waals surface area contributed by atoms with E-state index in [4.69, 9.17) is 12.2 Å². The third-order valence-electron chi connectivity index (χ3n) is 3.56. The second-order valence-corrected chi connectivity index (χ2v) is 6.39. The minimum absolute atomic E-state index is 0.937. The zero-order valence-corrected chi connectivity index (χ0v) is 14.2. The minimum atomic E-state index is 0.937. The summed E-state index contributed by atoms with van der Waals surface area (Å²) in [5.41, 5.74) is 6.47. The molecule has 0 radical (unpaired) electrons. The van der Waals surface area contributed by atoms with Gasteiger partial charge in [0.1, 0.15) is 0 Å². The molecule has 0 unspecified atom stereocenters. The van der Waals surface area contributed by atoms with E-state index >= 15 is 0 Å². The van der Waals surface area contributed by atoms with Crippen molar-refractivity contribution in [3.05, 3.63) is 84.4 Å². The van der Waals surface area contributed by atoms with Crippen LogP contribution in [0.2, 0.25) is 0 Å². The first-order chi connectivity index (χ1) is 11.4.